The Hall–Kier alpha value is -5.18. The fraction of sp³-hybridized carbons (Fsp3) is 0.133. The summed E-state index contributed by atoms with van der Waals surface area (Å²) in [7, 11) is 0. The zero-order valence-corrected chi connectivity index (χ0v) is 20.2. The molecule has 0 fully saturated rings. The largest absolute Gasteiger partial charge is 0.508 e. The van der Waals surface area contributed by atoms with Crippen molar-refractivity contribution in [3.8, 4) is 40.2 Å². The van der Waals surface area contributed by atoms with Gasteiger partial charge in [0, 0.05) is 12.1 Å². The molecule has 2 aliphatic heterocycles. The first-order valence-corrected chi connectivity index (χ1v) is 12.1. The van der Waals surface area contributed by atoms with E-state index in [4.69, 9.17) is 9.47 Å². The van der Waals surface area contributed by atoms with Crippen LogP contribution in [0, 0.1) is 0 Å². The van der Waals surface area contributed by atoms with Crippen molar-refractivity contribution in [3.05, 3.63) is 101 Å². The lowest BCUT2D eigenvalue weighted by atomic mass is 9.78. The smallest absolute Gasteiger partial charge is 0.178 e. The zero-order valence-electron chi connectivity index (χ0n) is 20.2. The molecule has 3 atom stereocenters. The van der Waals surface area contributed by atoms with Crippen molar-refractivity contribution in [3.63, 3.8) is 0 Å². The summed E-state index contributed by atoms with van der Waals surface area (Å²) in [5, 5.41) is 51.8. The summed E-state index contributed by atoms with van der Waals surface area (Å²) in [5.41, 5.74) is 0.839. The molecule has 9 nitrogen and oxygen atoms in total. The van der Waals surface area contributed by atoms with Gasteiger partial charge in [0.05, 0.1) is 23.5 Å². The number of ketones is 2. The summed E-state index contributed by atoms with van der Waals surface area (Å²) >= 11 is 0. The van der Waals surface area contributed by atoms with Gasteiger partial charge in [0.2, 0.25) is 0 Å². The molecule has 0 amide bonds. The Morgan fingerprint density at radius 1 is 0.667 bits per heavy atom. The number of rotatable bonds is 3. The quantitative estimate of drug-likeness (QED) is 0.247. The molecule has 9 heteroatoms. The summed E-state index contributed by atoms with van der Waals surface area (Å²) in [4.78, 5) is 27.1. The summed E-state index contributed by atoms with van der Waals surface area (Å²) in [6.45, 7) is 0. The molecular weight excluding hydrogens is 504 g/mol. The van der Waals surface area contributed by atoms with Gasteiger partial charge in [-0.25, -0.2) is 0 Å². The third-order valence-corrected chi connectivity index (χ3v) is 7.07. The molecule has 0 saturated heterocycles. The third-order valence-electron chi connectivity index (χ3n) is 7.07. The Balaban J connectivity index is 1.47. The molecular formula is C30H22O9. The monoisotopic (exact) mass is 526 g/mol. The lowest BCUT2D eigenvalue weighted by Crippen LogP contribution is -2.30. The predicted octanol–water partition coefficient (Wildman–Crippen LogP) is 5.02. The molecule has 0 unspecified atom stereocenters. The maximum atomic E-state index is 13.8. The number of hydrogen-bond acceptors (Lipinski definition) is 9. The maximum Gasteiger partial charge on any atom is 0.178 e. The number of carbonyl (C=O) groups excluding carboxylic acids is 2. The van der Waals surface area contributed by atoms with Crippen LogP contribution < -0.4 is 9.47 Å². The Labute approximate surface area is 221 Å². The molecule has 2 aliphatic rings. The van der Waals surface area contributed by atoms with Gasteiger partial charge in [0.1, 0.15) is 58.0 Å². The van der Waals surface area contributed by atoms with Crippen LogP contribution in [0.4, 0.5) is 0 Å². The number of hydrogen-bond donors (Lipinski definition) is 5. The van der Waals surface area contributed by atoms with Gasteiger partial charge >= 0.3 is 0 Å². The van der Waals surface area contributed by atoms with Gasteiger partial charge in [-0.3, -0.25) is 9.59 Å². The van der Waals surface area contributed by atoms with E-state index in [-0.39, 0.29) is 51.9 Å². The van der Waals surface area contributed by atoms with Crippen LogP contribution in [0.5, 0.6) is 40.2 Å². The molecule has 0 spiro atoms. The summed E-state index contributed by atoms with van der Waals surface area (Å²) in [6, 6.07) is 17.3. The maximum absolute atomic E-state index is 13.8. The second-order valence-electron chi connectivity index (χ2n) is 9.51. The molecule has 4 aromatic rings. The van der Waals surface area contributed by atoms with Crippen molar-refractivity contribution in [2.45, 2.75) is 24.5 Å². The number of benzene rings is 4. The molecule has 196 valence electrons. The molecule has 6 rings (SSSR count). The summed E-state index contributed by atoms with van der Waals surface area (Å²) < 4.78 is 12.1. The first kappa shape index (κ1) is 24.2. The van der Waals surface area contributed by atoms with Gasteiger partial charge in [-0.2, -0.15) is 0 Å². The van der Waals surface area contributed by atoms with E-state index in [1.807, 2.05) is 0 Å². The Morgan fingerprint density at radius 2 is 1.28 bits per heavy atom. The van der Waals surface area contributed by atoms with Crippen molar-refractivity contribution >= 4 is 11.6 Å². The van der Waals surface area contributed by atoms with Crippen molar-refractivity contribution < 1.29 is 44.6 Å². The summed E-state index contributed by atoms with van der Waals surface area (Å²) in [5.74, 6) is -3.31. The van der Waals surface area contributed by atoms with Gasteiger partial charge in [-0.15, -0.1) is 0 Å². The minimum absolute atomic E-state index is 0.0131. The second kappa shape index (κ2) is 8.98. The lowest BCUT2D eigenvalue weighted by Gasteiger charge is -2.35. The van der Waals surface area contributed by atoms with E-state index >= 15 is 0 Å². The molecule has 0 bridgehead atoms. The lowest BCUT2D eigenvalue weighted by molar-refractivity contribution is 0.0764. The van der Waals surface area contributed by atoms with E-state index in [1.165, 1.54) is 60.7 Å². The van der Waals surface area contributed by atoms with E-state index in [2.05, 4.69) is 0 Å². The number of phenolic OH excluding ortho intramolecular Hbond substituents is 5. The van der Waals surface area contributed by atoms with Crippen LogP contribution in [0.1, 0.15) is 62.0 Å². The van der Waals surface area contributed by atoms with Crippen LogP contribution in [0.3, 0.4) is 0 Å². The Kier molecular flexibility index (Phi) is 5.57. The molecule has 0 aliphatic carbocycles. The Morgan fingerprint density at radius 3 is 1.95 bits per heavy atom. The third kappa shape index (κ3) is 4.04. The van der Waals surface area contributed by atoms with Gasteiger partial charge in [0.15, 0.2) is 11.6 Å². The van der Waals surface area contributed by atoms with E-state index in [0.29, 0.717) is 11.1 Å². The number of carbonyl (C=O) groups is 2. The van der Waals surface area contributed by atoms with Crippen LogP contribution >= 0.6 is 0 Å². The van der Waals surface area contributed by atoms with Gasteiger partial charge < -0.3 is 35.0 Å². The van der Waals surface area contributed by atoms with Crippen LogP contribution in [0.25, 0.3) is 0 Å². The molecule has 0 aromatic heterocycles. The number of Topliss-reactive ketones (excluding diaryl/α,β-unsaturated/α-hetero) is 2. The fourth-order valence-corrected chi connectivity index (χ4v) is 5.18. The molecule has 2 heterocycles. The van der Waals surface area contributed by atoms with Gasteiger partial charge in [-0.05, 0) is 47.5 Å². The van der Waals surface area contributed by atoms with Crippen LogP contribution in [-0.4, -0.2) is 37.1 Å². The van der Waals surface area contributed by atoms with Crippen molar-refractivity contribution in [1.82, 2.24) is 0 Å². The van der Waals surface area contributed by atoms with Crippen LogP contribution in [0.15, 0.2) is 72.8 Å². The first-order chi connectivity index (χ1) is 18.7. The standard InChI is InChI=1S/C30H22O9/c31-16-5-1-14(2-6-16)22-12-20(34)25-24(38-22)13-21(35)26(29(25)37)27-28(36)19-10-9-18(33)11-23(19)39-30(27)15-3-7-17(32)8-4-15/h1-11,13,22,27,30-33,35,37H,12H2/t22-,27-,30+/m0/s1. The summed E-state index contributed by atoms with van der Waals surface area (Å²) in [6.07, 6.45) is -1.90. The molecule has 0 saturated carbocycles. The van der Waals surface area contributed by atoms with E-state index in [9.17, 15) is 35.1 Å². The average molecular weight is 526 g/mol. The highest BCUT2D eigenvalue weighted by Crippen LogP contribution is 2.53. The van der Waals surface area contributed by atoms with E-state index in [1.54, 1.807) is 12.1 Å². The molecule has 5 N–H and O–H groups in total. The minimum Gasteiger partial charge on any atom is -0.508 e. The number of phenols is 5. The van der Waals surface area contributed by atoms with E-state index < -0.39 is 41.2 Å². The van der Waals surface area contributed by atoms with Crippen LogP contribution in [0.2, 0.25) is 0 Å². The predicted molar refractivity (Wildman–Crippen MR) is 137 cm³/mol. The molecule has 0 radical (unpaired) electrons. The highest BCUT2D eigenvalue weighted by molar-refractivity contribution is 6.08. The zero-order chi connectivity index (χ0) is 27.4. The first-order valence-electron chi connectivity index (χ1n) is 12.1. The highest BCUT2D eigenvalue weighted by atomic mass is 16.5. The SMILES string of the molecule is O=C1C[C@@H](c2ccc(O)cc2)Oc2cc(O)c([C@H]3C(=O)c4ccc(O)cc4O[C@@H]3c3ccc(O)cc3)c(O)c21. The topological polar surface area (TPSA) is 154 Å². The molecule has 4 aromatic carbocycles. The highest BCUT2D eigenvalue weighted by Gasteiger charge is 2.44. The van der Waals surface area contributed by atoms with Crippen LogP contribution in [-0.2, 0) is 0 Å². The van der Waals surface area contributed by atoms with Gasteiger partial charge in [0.25, 0.3) is 0 Å². The number of aromatic hydroxyl groups is 5. The number of ether oxygens (including phenoxy) is 2. The van der Waals surface area contributed by atoms with Crippen molar-refractivity contribution in [2.75, 3.05) is 0 Å². The minimum atomic E-state index is -1.28. The van der Waals surface area contributed by atoms with Crippen molar-refractivity contribution in [1.29, 1.82) is 0 Å². The van der Waals surface area contributed by atoms with Crippen molar-refractivity contribution in [2.24, 2.45) is 0 Å². The Bertz CT molecular complexity index is 1620. The molecule has 39 heavy (non-hydrogen) atoms. The van der Waals surface area contributed by atoms with Gasteiger partial charge in [-0.1, -0.05) is 24.3 Å². The fourth-order valence-electron chi connectivity index (χ4n) is 5.18. The number of fused-ring (bicyclic) bond motifs is 2. The average Bonchev–Trinajstić information content (AvgIpc) is 2.90. The normalized spacial score (nSPS) is 19.9. The van der Waals surface area contributed by atoms with E-state index in [0.717, 1.165) is 0 Å². The second-order valence-corrected chi connectivity index (χ2v) is 9.51.